The Kier molecular flexibility index (Phi) is 16.7. The van der Waals surface area contributed by atoms with Gasteiger partial charge in [-0.25, -0.2) is 8.78 Å². The van der Waals surface area contributed by atoms with Gasteiger partial charge in [0.05, 0.1) is 4.47 Å². The molecule has 6 aromatic carbocycles. The maximum Gasteiger partial charge on any atom is 0.146 e. The average molecular weight is 885 g/mol. The molecule has 0 aliphatic carbocycles. The van der Waals surface area contributed by atoms with Crippen LogP contribution in [0.3, 0.4) is 0 Å². The van der Waals surface area contributed by atoms with Crippen LogP contribution in [0.4, 0.5) is 8.78 Å². The van der Waals surface area contributed by atoms with Crippen molar-refractivity contribution in [3.05, 3.63) is 105 Å². The topological polar surface area (TPSA) is 0 Å². The third-order valence-corrected chi connectivity index (χ3v) is 13.5. The largest absolute Gasteiger partial charge is 0.206 e. The highest BCUT2D eigenvalue weighted by atomic mass is 79.9. The second-order valence-electron chi connectivity index (χ2n) is 16.4. The van der Waals surface area contributed by atoms with E-state index in [0.717, 1.165) is 74.5 Å². The Morgan fingerprint density at radius 1 is 0.446 bits per heavy atom. The smallest absolute Gasteiger partial charge is 0.146 e. The van der Waals surface area contributed by atoms with E-state index in [1.165, 1.54) is 115 Å². The summed E-state index contributed by atoms with van der Waals surface area (Å²) in [6, 6.07) is 25.0. The van der Waals surface area contributed by atoms with E-state index in [1.807, 2.05) is 30.3 Å². The van der Waals surface area contributed by atoms with Crippen LogP contribution in [0, 0.1) is 11.6 Å². The lowest BCUT2D eigenvalue weighted by Crippen LogP contribution is -2.02. The van der Waals surface area contributed by atoms with Gasteiger partial charge < -0.3 is 0 Å². The number of hydrogen-bond donors (Lipinski definition) is 0. The fourth-order valence-corrected chi connectivity index (χ4v) is 10.1. The van der Waals surface area contributed by atoms with E-state index in [9.17, 15) is 0 Å². The first-order chi connectivity index (χ1) is 27.4. The summed E-state index contributed by atoms with van der Waals surface area (Å²) >= 11 is 7.39. The first-order valence-corrected chi connectivity index (χ1v) is 23.7. The molecule has 0 unspecified atom stereocenters. The molecular weight excluding hydrogens is 822 g/mol. The normalized spacial score (nSPS) is 11.9. The van der Waals surface area contributed by atoms with Crippen molar-refractivity contribution in [1.29, 1.82) is 0 Å². The lowest BCUT2D eigenvalue weighted by Gasteiger charge is -2.20. The number of hydrogen-bond acceptors (Lipinski definition) is 0. The SMILES string of the molecule is CCCCCCCCCCCCc1cccc2cc3c(F)c(-c4cc5cc6ccccc6cc5cc4Br)c(Br)c(F)c3c(CCCCCCCCCCCC)c12. The van der Waals surface area contributed by atoms with Crippen molar-refractivity contribution in [1.82, 2.24) is 0 Å². The van der Waals surface area contributed by atoms with Gasteiger partial charge in [-0.3, -0.25) is 0 Å². The Labute approximate surface area is 352 Å². The number of aryl methyl sites for hydroxylation is 2. The van der Waals surface area contributed by atoms with Crippen LogP contribution in [0.2, 0.25) is 0 Å². The zero-order valence-corrected chi connectivity index (χ0v) is 37.2. The Morgan fingerprint density at radius 3 is 1.52 bits per heavy atom. The van der Waals surface area contributed by atoms with Crippen LogP contribution in [-0.2, 0) is 12.8 Å². The highest BCUT2D eigenvalue weighted by Crippen LogP contribution is 2.46. The summed E-state index contributed by atoms with van der Waals surface area (Å²) in [5.41, 5.74) is 3.16. The summed E-state index contributed by atoms with van der Waals surface area (Å²) < 4.78 is 35.4. The molecule has 6 aromatic rings. The summed E-state index contributed by atoms with van der Waals surface area (Å²) in [6.45, 7) is 4.54. The number of rotatable bonds is 23. The second kappa shape index (κ2) is 21.8. The highest BCUT2D eigenvalue weighted by molar-refractivity contribution is 9.11. The molecule has 0 aromatic heterocycles. The third kappa shape index (κ3) is 10.6. The van der Waals surface area contributed by atoms with E-state index < -0.39 is 0 Å². The molecule has 0 aliphatic rings. The van der Waals surface area contributed by atoms with E-state index in [2.05, 4.69) is 88.2 Å². The molecule has 298 valence electrons. The Hall–Kier alpha value is -2.82. The monoisotopic (exact) mass is 882 g/mol. The zero-order valence-electron chi connectivity index (χ0n) is 34.0. The van der Waals surface area contributed by atoms with Crippen LogP contribution >= 0.6 is 31.9 Å². The molecule has 0 aliphatic heterocycles. The van der Waals surface area contributed by atoms with Gasteiger partial charge >= 0.3 is 0 Å². The molecule has 0 bridgehead atoms. The van der Waals surface area contributed by atoms with Gasteiger partial charge in [-0.1, -0.05) is 188 Å². The Bertz CT molecular complexity index is 2200. The molecule has 6 rings (SSSR count). The van der Waals surface area contributed by atoms with Crippen molar-refractivity contribution in [2.45, 2.75) is 155 Å². The molecule has 0 N–H and O–H groups in total. The number of halogens is 4. The lowest BCUT2D eigenvalue weighted by molar-refractivity contribution is 0.556. The molecule has 0 fully saturated rings. The molecule has 0 radical (unpaired) electrons. The third-order valence-electron chi connectivity index (χ3n) is 12.1. The molecule has 0 nitrogen and oxygen atoms in total. The first kappa shape index (κ1) is 42.8. The Balaban J connectivity index is 1.31. The highest BCUT2D eigenvalue weighted by Gasteiger charge is 2.25. The van der Waals surface area contributed by atoms with E-state index in [-0.39, 0.29) is 21.7 Å². The van der Waals surface area contributed by atoms with Gasteiger partial charge in [0.1, 0.15) is 11.6 Å². The van der Waals surface area contributed by atoms with Gasteiger partial charge in [-0.05, 0) is 115 Å². The maximum atomic E-state index is 17.3. The van der Waals surface area contributed by atoms with Crippen molar-refractivity contribution in [3.8, 4) is 11.1 Å². The lowest BCUT2D eigenvalue weighted by atomic mass is 9.87. The molecule has 0 spiro atoms. The van der Waals surface area contributed by atoms with Crippen LogP contribution in [0.5, 0.6) is 0 Å². The Morgan fingerprint density at radius 2 is 0.946 bits per heavy atom. The van der Waals surface area contributed by atoms with Crippen LogP contribution in [0.15, 0.2) is 81.7 Å². The standard InChI is InChI=1S/C52H62Br2F2/c1-3-5-7-9-11-13-15-17-19-21-26-37-29-25-30-40-34-45-48(43(47(37)40)31-22-20-18-16-14-12-10-8-6-4-2)52(56)50(54)49(51(45)55)44-35-41-32-38-27-23-24-28-39(38)33-42(41)36-46(44)53/h23-25,27-30,32-36H,3-22,26,31H2,1-2H3. The van der Waals surface area contributed by atoms with Crippen molar-refractivity contribution in [2.75, 3.05) is 0 Å². The van der Waals surface area contributed by atoms with Crippen LogP contribution in [0.1, 0.15) is 153 Å². The molecule has 0 heterocycles. The second-order valence-corrected chi connectivity index (χ2v) is 18.0. The number of benzene rings is 6. The van der Waals surface area contributed by atoms with Crippen LogP contribution in [0.25, 0.3) is 54.2 Å². The minimum atomic E-state index is -0.375. The van der Waals surface area contributed by atoms with Crippen LogP contribution in [-0.4, -0.2) is 0 Å². The van der Waals surface area contributed by atoms with E-state index in [4.69, 9.17) is 0 Å². The van der Waals surface area contributed by atoms with Gasteiger partial charge in [0, 0.05) is 26.4 Å². The zero-order chi connectivity index (χ0) is 39.3. The summed E-state index contributed by atoms with van der Waals surface area (Å²) in [5, 5.41) is 7.29. The summed E-state index contributed by atoms with van der Waals surface area (Å²) in [7, 11) is 0. The molecule has 56 heavy (non-hydrogen) atoms. The van der Waals surface area contributed by atoms with Crippen molar-refractivity contribution >= 4 is 74.9 Å². The summed E-state index contributed by atoms with van der Waals surface area (Å²) in [5.74, 6) is -0.736. The maximum absolute atomic E-state index is 17.3. The van der Waals surface area contributed by atoms with Gasteiger partial charge in [0.25, 0.3) is 0 Å². The van der Waals surface area contributed by atoms with Crippen molar-refractivity contribution in [3.63, 3.8) is 0 Å². The van der Waals surface area contributed by atoms with Crippen LogP contribution < -0.4 is 0 Å². The van der Waals surface area contributed by atoms with Gasteiger partial charge in [0.2, 0.25) is 0 Å². The average Bonchev–Trinajstić information content (AvgIpc) is 3.20. The van der Waals surface area contributed by atoms with Crippen molar-refractivity contribution in [2.24, 2.45) is 0 Å². The summed E-state index contributed by atoms with van der Waals surface area (Å²) in [4.78, 5) is 0. The molecule has 4 heteroatoms. The minimum absolute atomic E-state index is 0.194. The minimum Gasteiger partial charge on any atom is -0.206 e. The summed E-state index contributed by atoms with van der Waals surface area (Å²) in [6.07, 6.45) is 27.1. The van der Waals surface area contributed by atoms with Gasteiger partial charge in [0.15, 0.2) is 0 Å². The fraction of sp³-hybridized carbons (Fsp3) is 0.462. The van der Waals surface area contributed by atoms with E-state index in [1.54, 1.807) is 0 Å². The molecule has 0 saturated carbocycles. The predicted molar refractivity (Wildman–Crippen MR) is 248 cm³/mol. The van der Waals surface area contributed by atoms with Gasteiger partial charge in [-0.2, -0.15) is 0 Å². The number of unbranched alkanes of at least 4 members (excludes halogenated alkanes) is 18. The predicted octanol–water partition coefficient (Wildman–Crippen LogP) is 18.7. The quantitative estimate of drug-likeness (QED) is 0.0342. The van der Waals surface area contributed by atoms with Gasteiger partial charge in [-0.15, -0.1) is 0 Å². The first-order valence-electron chi connectivity index (χ1n) is 22.1. The molecule has 0 saturated heterocycles. The molecular formula is C52H62Br2F2. The van der Waals surface area contributed by atoms with Crippen molar-refractivity contribution < 1.29 is 8.78 Å². The van der Waals surface area contributed by atoms with E-state index >= 15 is 8.78 Å². The molecule has 0 atom stereocenters. The molecule has 0 amide bonds. The fourth-order valence-electron chi connectivity index (χ4n) is 8.94. The number of fused-ring (bicyclic) bond motifs is 4. The van der Waals surface area contributed by atoms with E-state index in [0.29, 0.717) is 16.3 Å².